The molecule has 3 aromatic rings. The molecule has 0 saturated carbocycles. The molecule has 0 N–H and O–H groups in total. The molecule has 1 unspecified atom stereocenters. The predicted octanol–water partition coefficient (Wildman–Crippen LogP) is 4.69. The summed E-state index contributed by atoms with van der Waals surface area (Å²) in [4.78, 5) is 16.1. The summed E-state index contributed by atoms with van der Waals surface area (Å²) >= 11 is 12.3. The van der Waals surface area contributed by atoms with Gasteiger partial charge in [-0.05, 0) is 17.7 Å². The smallest absolute Gasteiger partial charge is 0.332 e. The van der Waals surface area contributed by atoms with E-state index in [-0.39, 0.29) is 13.2 Å². The van der Waals surface area contributed by atoms with Gasteiger partial charge in [0.2, 0.25) is 0 Å². The monoisotopic (exact) mass is 404 g/mol. The summed E-state index contributed by atoms with van der Waals surface area (Å²) in [7, 11) is 0. The van der Waals surface area contributed by atoms with Crippen LogP contribution in [0, 0.1) is 0 Å². The fraction of sp³-hybridized carbons (Fsp3) is 0.200. The summed E-state index contributed by atoms with van der Waals surface area (Å²) in [5.41, 5.74) is 1.66. The second-order valence-corrected chi connectivity index (χ2v) is 6.71. The molecule has 0 radical (unpaired) electrons. The molecule has 2 aromatic carbocycles. The molecule has 0 amide bonds. The second kappa shape index (κ2) is 9.55. The first-order valence-electron chi connectivity index (χ1n) is 8.33. The summed E-state index contributed by atoms with van der Waals surface area (Å²) in [6, 6.07) is 14.7. The first-order valence-corrected chi connectivity index (χ1v) is 9.09. The Morgan fingerprint density at radius 3 is 2.67 bits per heavy atom. The number of esters is 1. The van der Waals surface area contributed by atoms with E-state index in [9.17, 15) is 4.79 Å². The maximum absolute atomic E-state index is 12.1. The van der Waals surface area contributed by atoms with Crippen molar-refractivity contribution in [1.29, 1.82) is 0 Å². The Labute approximate surface area is 167 Å². The van der Waals surface area contributed by atoms with Crippen LogP contribution in [0.2, 0.25) is 10.0 Å². The van der Waals surface area contributed by atoms with Crippen molar-refractivity contribution in [2.75, 3.05) is 6.61 Å². The van der Waals surface area contributed by atoms with E-state index >= 15 is 0 Å². The zero-order valence-electron chi connectivity index (χ0n) is 14.4. The van der Waals surface area contributed by atoms with E-state index in [1.165, 1.54) is 0 Å². The molecule has 0 fully saturated rings. The van der Waals surface area contributed by atoms with Crippen molar-refractivity contribution in [2.24, 2.45) is 0 Å². The van der Waals surface area contributed by atoms with E-state index in [1.807, 2.05) is 41.1 Å². The lowest BCUT2D eigenvalue weighted by molar-refractivity contribution is -0.152. The number of rotatable bonds is 8. The number of imidazole rings is 1. The van der Waals surface area contributed by atoms with Crippen LogP contribution in [-0.4, -0.2) is 22.1 Å². The number of aromatic nitrogens is 2. The molecule has 0 saturated heterocycles. The van der Waals surface area contributed by atoms with Gasteiger partial charge in [-0.1, -0.05) is 59.6 Å². The maximum Gasteiger partial charge on any atom is 0.332 e. The van der Waals surface area contributed by atoms with E-state index in [0.29, 0.717) is 16.6 Å². The number of ether oxygens (including phenoxy) is 2. The van der Waals surface area contributed by atoms with E-state index in [4.69, 9.17) is 32.7 Å². The van der Waals surface area contributed by atoms with Crippen molar-refractivity contribution in [1.82, 2.24) is 9.55 Å². The van der Waals surface area contributed by atoms with Gasteiger partial charge in [0, 0.05) is 28.0 Å². The first-order chi connectivity index (χ1) is 13.1. The van der Waals surface area contributed by atoms with Gasteiger partial charge in [-0.15, -0.1) is 0 Å². The van der Waals surface area contributed by atoms with Gasteiger partial charge in [-0.2, -0.15) is 0 Å². The number of carbonyl (C=O) groups is 1. The fourth-order valence-corrected chi connectivity index (χ4v) is 3.07. The lowest BCUT2D eigenvalue weighted by atomic mass is 10.1. The average Bonchev–Trinajstić information content (AvgIpc) is 3.18. The van der Waals surface area contributed by atoms with Gasteiger partial charge in [0.05, 0.1) is 12.9 Å². The number of halogens is 2. The Morgan fingerprint density at radius 1 is 1.15 bits per heavy atom. The molecule has 3 rings (SSSR count). The first kappa shape index (κ1) is 19.4. The molecule has 140 valence electrons. The third-order valence-electron chi connectivity index (χ3n) is 3.89. The minimum atomic E-state index is -0.451. The molecule has 5 nitrogen and oxygen atoms in total. The summed E-state index contributed by atoms with van der Waals surface area (Å²) in [6.45, 7) is 0.468. The van der Waals surface area contributed by atoms with E-state index in [0.717, 1.165) is 11.1 Å². The number of nitrogens with zero attached hydrogens (tertiary/aromatic N) is 2. The van der Waals surface area contributed by atoms with Gasteiger partial charge in [-0.25, -0.2) is 9.78 Å². The Bertz CT molecular complexity index is 870. The number of benzene rings is 2. The van der Waals surface area contributed by atoms with E-state index in [2.05, 4.69) is 4.98 Å². The second-order valence-electron chi connectivity index (χ2n) is 5.87. The maximum atomic E-state index is 12.1. The van der Waals surface area contributed by atoms with Crippen LogP contribution in [-0.2, 0) is 27.4 Å². The SMILES string of the molecule is O=C(COC(Cn1ccnc1)c1ccc(Cl)cc1Cl)OCc1ccccc1. The van der Waals surface area contributed by atoms with Crippen LogP contribution in [0.1, 0.15) is 17.2 Å². The van der Waals surface area contributed by atoms with Crippen LogP contribution in [0.3, 0.4) is 0 Å². The standard InChI is InChI=1S/C20H18Cl2N2O3/c21-16-6-7-17(18(22)10-16)19(11-24-9-8-23-14-24)26-13-20(25)27-12-15-4-2-1-3-5-15/h1-10,14,19H,11-13H2. The molecule has 7 heteroatoms. The van der Waals surface area contributed by atoms with Crippen molar-refractivity contribution in [3.8, 4) is 0 Å². The quantitative estimate of drug-likeness (QED) is 0.511. The normalized spacial score (nSPS) is 11.9. The molecular weight excluding hydrogens is 387 g/mol. The number of hydrogen-bond donors (Lipinski definition) is 0. The number of hydrogen-bond acceptors (Lipinski definition) is 4. The summed E-state index contributed by atoms with van der Waals surface area (Å²) in [5.74, 6) is -0.445. The summed E-state index contributed by atoms with van der Waals surface area (Å²) < 4.78 is 12.9. The van der Waals surface area contributed by atoms with Crippen LogP contribution in [0.25, 0.3) is 0 Å². The highest BCUT2D eigenvalue weighted by atomic mass is 35.5. The Morgan fingerprint density at radius 2 is 1.96 bits per heavy atom. The molecule has 1 atom stereocenters. The largest absolute Gasteiger partial charge is 0.459 e. The van der Waals surface area contributed by atoms with E-state index in [1.54, 1.807) is 30.7 Å². The molecule has 0 bridgehead atoms. The Kier molecular flexibility index (Phi) is 6.87. The third-order valence-corrected chi connectivity index (χ3v) is 4.45. The van der Waals surface area contributed by atoms with Gasteiger partial charge >= 0.3 is 5.97 Å². The van der Waals surface area contributed by atoms with Crippen LogP contribution in [0.15, 0.2) is 67.3 Å². The minimum Gasteiger partial charge on any atom is -0.459 e. The summed E-state index contributed by atoms with van der Waals surface area (Å²) in [6.07, 6.45) is 4.71. The van der Waals surface area contributed by atoms with Gasteiger partial charge < -0.3 is 14.0 Å². The Balaban J connectivity index is 1.63. The molecule has 27 heavy (non-hydrogen) atoms. The molecule has 0 aliphatic carbocycles. The van der Waals surface area contributed by atoms with Crippen LogP contribution in [0.4, 0.5) is 0 Å². The zero-order chi connectivity index (χ0) is 19.1. The van der Waals surface area contributed by atoms with Crippen molar-refractivity contribution < 1.29 is 14.3 Å². The molecular formula is C20H18Cl2N2O3. The number of carbonyl (C=O) groups excluding carboxylic acids is 1. The molecule has 0 spiro atoms. The zero-order valence-corrected chi connectivity index (χ0v) is 15.9. The van der Waals surface area contributed by atoms with Gasteiger partial charge in [0.15, 0.2) is 0 Å². The topological polar surface area (TPSA) is 53.4 Å². The van der Waals surface area contributed by atoms with Crippen LogP contribution < -0.4 is 0 Å². The van der Waals surface area contributed by atoms with E-state index < -0.39 is 12.1 Å². The van der Waals surface area contributed by atoms with Crippen molar-refractivity contribution in [3.63, 3.8) is 0 Å². The highest BCUT2D eigenvalue weighted by molar-refractivity contribution is 6.35. The highest BCUT2D eigenvalue weighted by Crippen LogP contribution is 2.29. The predicted molar refractivity (Wildman–Crippen MR) is 104 cm³/mol. The van der Waals surface area contributed by atoms with Crippen molar-refractivity contribution in [2.45, 2.75) is 19.3 Å². The van der Waals surface area contributed by atoms with Gasteiger partial charge in [0.1, 0.15) is 19.3 Å². The van der Waals surface area contributed by atoms with Crippen molar-refractivity contribution >= 4 is 29.2 Å². The van der Waals surface area contributed by atoms with Crippen LogP contribution in [0.5, 0.6) is 0 Å². The average molecular weight is 405 g/mol. The van der Waals surface area contributed by atoms with Crippen molar-refractivity contribution in [3.05, 3.63) is 88.4 Å². The molecule has 1 heterocycles. The minimum absolute atomic E-state index is 0.189. The molecule has 0 aliphatic rings. The molecule has 0 aliphatic heterocycles. The van der Waals surface area contributed by atoms with Gasteiger partial charge in [0.25, 0.3) is 0 Å². The van der Waals surface area contributed by atoms with Crippen LogP contribution >= 0.6 is 23.2 Å². The molecule has 1 aromatic heterocycles. The van der Waals surface area contributed by atoms with Gasteiger partial charge in [-0.3, -0.25) is 0 Å². The Hall–Kier alpha value is -2.34. The third kappa shape index (κ3) is 5.82. The highest BCUT2D eigenvalue weighted by Gasteiger charge is 2.18. The lowest BCUT2D eigenvalue weighted by Gasteiger charge is -2.20. The summed E-state index contributed by atoms with van der Waals surface area (Å²) in [5, 5.41) is 1.01. The lowest BCUT2D eigenvalue weighted by Crippen LogP contribution is -2.19. The fourth-order valence-electron chi connectivity index (χ4n) is 2.54.